The topological polar surface area (TPSA) is 97.4 Å². The molecule has 1 aliphatic carbocycles. The highest BCUT2D eigenvalue weighted by Crippen LogP contribution is 2.28. The molecule has 0 bridgehead atoms. The second kappa shape index (κ2) is 8.41. The Hall–Kier alpha value is -2.26. The number of thiazole rings is 1. The first-order valence-electron chi connectivity index (χ1n) is 8.34. The largest absolute Gasteiger partial charge is 0.448 e. The van der Waals surface area contributed by atoms with Gasteiger partial charge >= 0.3 is 12.0 Å². The number of nitrogens with one attached hydrogen (secondary N) is 2. The Morgan fingerprint density at radius 1 is 1.27 bits per heavy atom. The lowest BCUT2D eigenvalue weighted by molar-refractivity contribution is -0.127. The SMILES string of the molecule is C[C@H](OC(=O)c1csc(-c2cccs2)n1)C(=O)NC(=O)NC1CCCC1. The zero-order valence-electron chi connectivity index (χ0n) is 14.2. The summed E-state index contributed by atoms with van der Waals surface area (Å²) in [5.41, 5.74) is 0.147. The van der Waals surface area contributed by atoms with Gasteiger partial charge in [0.25, 0.3) is 5.91 Å². The van der Waals surface area contributed by atoms with Gasteiger partial charge in [-0.2, -0.15) is 0 Å². The number of hydrogen-bond donors (Lipinski definition) is 2. The molecular weight excluding hydrogens is 374 g/mol. The van der Waals surface area contributed by atoms with Crippen molar-refractivity contribution >= 4 is 40.6 Å². The molecule has 0 aliphatic heterocycles. The lowest BCUT2D eigenvalue weighted by Crippen LogP contribution is -2.47. The maximum absolute atomic E-state index is 12.2. The van der Waals surface area contributed by atoms with E-state index in [9.17, 15) is 14.4 Å². The molecule has 2 N–H and O–H groups in total. The highest BCUT2D eigenvalue weighted by Gasteiger charge is 2.24. The number of thiophene rings is 1. The summed E-state index contributed by atoms with van der Waals surface area (Å²) in [5, 5.41) is 9.20. The number of ether oxygens (including phenoxy) is 1. The molecule has 3 amide bonds. The van der Waals surface area contributed by atoms with E-state index in [1.54, 1.807) is 5.38 Å². The Morgan fingerprint density at radius 2 is 2.04 bits per heavy atom. The summed E-state index contributed by atoms with van der Waals surface area (Å²) in [6, 6.07) is 3.37. The molecule has 0 spiro atoms. The zero-order valence-corrected chi connectivity index (χ0v) is 15.8. The summed E-state index contributed by atoms with van der Waals surface area (Å²) < 4.78 is 5.12. The van der Waals surface area contributed by atoms with Crippen LogP contribution in [0, 0.1) is 0 Å². The molecule has 2 heterocycles. The molecule has 0 saturated heterocycles. The van der Waals surface area contributed by atoms with Gasteiger partial charge in [-0.05, 0) is 31.2 Å². The minimum Gasteiger partial charge on any atom is -0.448 e. The quantitative estimate of drug-likeness (QED) is 0.761. The molecule has 2 aromatic heterocycles. The van der Waals surface area contributed by atoms with Gasteiger partial charge in [-0.1, -0.05) is 18.9 Å². The number of nitrogens with zero attached hydrogens (tertiary/aromatic N) is 1. The van der Waals surface area contributed by atoms with Crippen LogP contribution in [0.25, 0.3) is 9.88 Å². The molecule has 1 fully saturated rings. The van der Waals surface area contributed by atoms with E-state index < -0.39 is 24.0 Å². The van der Waals surface area contributed by atoms with Gasteiger partial charge in [0, 0.05) is 11.4 Å². The number of rotatable bonds is 5. The molecule has 1 atom stereocenters. The van der Waals surface area contributed by atoms with Gasteiger partial charge in [-0.15, -0.1) is 22.7 Å². The fourth-order valence-electron chi connectivity index (χ4n) is 2.66. The van der Waals surface area contributed by atoms with E-state index in [2.05, 4.69) is 15.6 Å². The summed E-state index contributed by atoms with van der Waals surface area (Å²) in [6.45, 7) is 1.42. The monoisotopic (exact) mass is 393 g/mol. The van der Waals surface area contributed by atoms with E-state index in [1.807, 2.05) is 17.5 Å². The summed E-state index contributed by atoms with van der Waals surface area (Å²) in [6.07, 6.45) is 2.90. The third kappa shape index (κ3) is 4.67. The number of hydrogen-bond acceptors (Lipinski definition) is 7. The number of imide groups is 1. The Kier molecular flexibility index (Phi) is 6.00. The van der Waals surface area contributed by atoms with Gasteiger partial charge in [0.2, 0.25) is 0 Å². The molecule has 9 heteroatoms. The fraction of sp³-hybridized carbons (Fsp3) is 0.412. The highest BCUT2D eigenvalue weighted by molar-refractivity contribution is 7.20. The van der Waals surface area contributed by atoms with Crippen LogP contribution in [0.4, 0.5) is 4.79 Å². The van der Waals surface area contributed by atoms with Crippen LogP contribution < -0.4 is 10.6 Å². The number of urea groups is 1. The number of carbonyl (C=O) groups excluding carboxylic acids is 3. The smallest absolute Gasteiger partial charge is 0.358 e. The fourth-order valence-corrected chi connectivity index (χ4v) is 4.26. The van der Waals surface area contributed by atoms with Crippen molar-refractivity contribution in [2.75, 3.05) is 0 Å². The molecule has 0 unspecified atom stereocenters. The van der Waals surface area contributed by atoms with Gasteiger partial charge in [-0.3, -0.25) is 10.1 Å². The van der Waals surface area contributed by atoms with Crippen molar-refractivity contribution in [1.82, 2.24) is 15.6 Å². The third-order valence-electron chi connectivity index (χ3n) is 4.03. The molecule has 1 saturated carbocycles. The Labute approximate surface area is 158 Å². The zero-order chi connectivity index (χ0) is 18.5. The van der Waals surface area contributed by atoms with Crippen molar-refractivity contribution in [3.05, 3.63) is 28.6 Å². The van der Waals surface area contributed by atoms with E-state index >= 15 is 0 Å². The van der Waals surface area contributed by atoms with E-state index in [-0.39, 0.29) is 11.7 Å². The van der Waals surface area contributed by atoms with Crippen LogP contribution in [0.2, 0.25) is 0 Å². The third-order valence-corrected chi connectivity index (χ3v) is 5.91. The molecule has 26 heavy (non-hydrogen) atoms. The van der Waals surface area contributed by atoms with Crippen LogP contribution in [-0.2, 0) is 9.53 Å². The van der Waals surface area contributed by atoms with Crippen molar-refractivity contribution in [3.8, 4) is 9.88 Å². The van der Waals surface area contributed by atoms with E-state index in [0.29, 0.717) is 0 Å². The first kappa shape index (κ1) is 18.5. The van der Waals surface area contributed by atoms with Crippen molar-refractivity contribution in [3.63, 3.8) is 0 Å². The summed E-state index contributed by atoms with van der Waals surface area (Å²) in [4.78, 5) is 41.2. The number of amides is 3. The Bertz CT molecular complexity index is 782. The van der Waals surface area contributed by atoms with E-state index in [4.69, 9.17) is 4.74 Å². The standard InChI is InChI=1S/C17H19N3O4S2/c1-10(14(21)20-17(23)18-11-5-2-3-6-11)24-16(22)12-9-26-15(19-12)13-7-4-8-25-13/h4,7-11H,2-3,5-6H2,1H3,(H2,18,20,21,23)/t10-/m0/s1. The van der Waals surface area contributed by atoms with Crippen LogP contribution in [0.15, 0.2) is 22.9 Å². The maximum atomic E-state index is 12.2. The van der Waals surface area contributed by atoms with E-state index in [1.165, 1.54) is 29.6 Å². The van der Waals surface area contributed by atoms with Crippen LogP contribution in [0.3, 0.4) is 0 Å². The van der Waals surface area contributed by atoms with Crippen LogP contribution in [-0.4, -0.2) is 35.0 Å². The average Bonchev–Trinajstić information content (AvgIpc) is 3.35. The molecule has 138 valence electrons. The van der Waals surface area contributed by atoms with Crippen LogP contribution in [0.5, 0.6) is 0 Å². The first-order chi connectivity index (χ1) is 12.5. The van der Waals surface area contributed by atoms with Crippen molar-refractivity contribution in [2.45, 2.75) is 44.8 Å². The number of carbonyl (C=O) groups is 3. The molecule has 0 radical (unpaired) electrons. The second-order valence-corrected chi connectivity index (χ2v) is 7.81. The summed E-state index contributed by atoms with van der Waals surface area (Å²) >= 11 is 2.86. The van der Waals surface area contributed by atoms with Crippen LogP contribution in [0.1, 0.15) is 43.1 Å². The van der Waals surface area contributed by atoms with Gasteiger partial charge < -0.3 is 10.1 Å². The van der Waals surface area contributed by atoms with Gasteiger partial charge in [0.05, 0.1) is 4.88 Å². The lowest BCUT2D eigenvalue weighted by atomic mass is 10.2. The molecule has 0 aromatic carbocycles. The molecule has 3 rings (SSSR count). The van der Waals surface area contributed by atoms with Gasteiger partial charge in [0.15, 0.2) is 11.8 Å². The van der Waals surface area contributed by atoms with Gasteiger partial charge in [-0.25, -0.2) is 14.6 Å². The Morgan fingerprint density at radius 3 is 2.73 bits per heavy atom. The Balaban J connectivity index is 1.50. The van der Waals surface area contributed by atoms with Crippen molar-refractivity contribution < 1.29 is 19.1 Å². The average molecular weight is 393 g/mol. The molecular formula is C17H19N3O4S2. The minimum absolute atomic E-state index is 0.103. The predicted octanol–water partition coefficient (Wildman–Crippen LogP) is 3.19. The van der Waals surface area contributed by atoms with Crippen molar-refractivity contribution in [2.24, 2.45) is 0 Å². The van der Waals surface area contributed by atoms with Crippen LogP contribution >= 0.6 is 22.7 Å². The highest BCUT2D eigenvalue weighted by atomic mass is 32.1. The summed E-state index contributed by atoms with van der Waals surface area (Å²) in [5.74, 6) is -1.36. The molecule has 1 aliphatic rings. The minimum atomic E-state index is -1.09. The lowest BCUT2D eigenvalue weighted by Gasteiger charge is -2.15. The predicted molar refractivity (Wildman–Crippen MR) is 99.2 cm³/mol. The normalized spacial score (nSPS) is 15.4. The number of esters is 1. The molecule has 2 aromatic rings. The summed E-state index contributed by atoms with van der Waals surface area (Å²) in [7, 11) is 0. The number of aromatic nitrogens is 1. The van der Waals surface area contributed by atoms with E-state index in [0.717, 1.165) is 35.6 Å². The first-order valence-corrected chi connectivity index (χ1v) is 10.1. The maximum Gasteiger partial charge on any atom is 0.358 e. The van der Waals surface area contributed by atoms with Crippen molar-refractivity contribution in [1.29, 1.82) is 0 Å². The second-order valence-electron chi connectivity index (χ2n) is 6.01. The molecule has 7 nitrogen and oxygen atoms in total. The van der Waals surface area contributed by atoms with Gasteiger partial charge in [0.1, 0.15) is 5.01 Å².